The second-order valence-corrected chi connectivity index (χ2v) is 13.4. The van der Waals surface area contributed by atoms with Crippen molar-refractivity contribution in [1.82, 2.24) is 24.8 Å². The molecule has 4 aromatic rings. The lowest BCUT2D eigenvalue weighted by Crippen LogP contribution is -2.61. The van der Waals surface area contributed by atoms with Gasteiger partial charge in [-0.1, -0.05) is 6.07 Å². The Morgan fingerprint density at radius 2 is 1.85 bits per heavy atom. The van der Waals surface area contributed by atoms with Crippen LogP contribution in [0, 0.1) is 17.0 Å². The molecule has 1 aliphatic carbocycles. The number of hydrogen-bond acceptors (Lipinski definition) is 8. The van der Waals surface area contributed by atoms with Crippen LogP contribution in [0.1, 0.15) is 44.2 Å². The first-order chi connectivity index (χ1) is 22.5. The molecule has 1 saturated carbocycles. The number of benzene rings is 2. The van der Waals surface area contributed by atoms with E-state index in [-0.39, 0.29) is 50.2 Å². The molecule has 248 valence electrons. The number of phenols is 1. The summed E-state index contributed by atoms with van der Waals surface area (Å²) < 4.78 is 80.7. The zero-order valence-electron chi connectivity index (χ0n) is 25.4. The molecule has 9 nitrogen and oxygen atoms in total. The van der Waals surface area contributed by atoms with E-state index >= 15 is 4.39 Å². The second-order valence-electron chi connectivity index (χ2n) is 13.4. The third-order valence-corrected chi connectivity index (χ3v) is 10.2. The largest absolute Gasteiger partial charge is 0.508 e. The van der Waals surface area contributed by atoms with E-state index in [9.17, 15) is 27.5 Å². The number of alkyl halides is 3. The van der Waals surface area contributed by atoms with Crippen molar-refractivity contribution in [3.05, 3.63) is 58.0 Å². The fourth-order valence-corrected chi connectivity index (χ4v) is 7.54. The molecule has 4 aliphatic heterocycles. The Kier molecular flexibility index (Phi) is 7.10. The van der Waals surface area contributed by atoms with E-state index in [4.69, 9.17) is 4.74 Å². The summed E-state index contributed by atoms with van der Waals surface area (Å²) in [7, 11) is 0. The van der Waals surface area contributed by atoms with Crippen LogP contribution < -0.4 is 20.5 Å². The van der Waals surface area contributed by atoms with Gasteiger partial charge in [0, 0.05) is 48.6 Å². The molecule has 5 aliphatic rings. The standard InChI is InChI=1S/C33H33F5N6O3/c34-23-6-3-18-11-21(45)12-24(26(18)27(23)35)44-25(33(36,37)38)13-22-28(30(44)46)40-31(41-29(22)43-15-19-4-5-20(43)14-39-19)47-17-32(7-8-32)16-42-9-1-2-10-42/h3,6,11-13,19-20,39,45H,1-2,4-5,7-10,14-17H2. The maximum atomic E-state index is 15.3. The first-order valence-electron chi connectivity index (χ1n) is 16.0. The Hall–Kier alpha value is -4.04. The van der Waals surface area contributed by atoms with Gasteiger partial charge in [-0.25, -0.2) is 8.78 Å². The molecular weight excluding hydrogens is 623 g/mol. The predicted molar refractivity (Wildman–Crippen MR) is 164 cm³/mol. The molecule has 2 aromatic heterocycles. The van der Waals surface area contributed by atoms with E-state index < -0.39 is 45.9 Å². The lowest BCUT2D eigenvalue weighted by molar-refractivity contribution is -0.142. The monoisotopic (exact) mass is 656 g/mol. The average Bonchev–Trinajstić information content (AvgIpc) is 3.62. The van der Waals surface area contributed by atoms with Gasteiger partial charge in [0.15, 0.2) is 11.6 Å². The van der Waals surface area contributed by atoms with Crippen molar-refractivity contribution in [1.29, 1.82) is 0 Å². The highest BCUT2D eigenvalue weighted by atomic mass is 19.4. The summed E-state index contributed by atoms with van der Waals surface area (Å²) in [6, 6.07) is 4.51. The zero-order chi connectivity index (χ0) is 32.7. The van der Waals surface area contributed by atoms with Crippen LogP contribution in [-0.2, 0) is 6.18 Å². The summed E-state index contributed by atoms with van der Waals surface area (Å²) in [4.78, 5) is 27.7. The molecule has 2 aromatic carbocycles. The van der Waals surface area contributed by atoms with Gasteiger partial charge >= 0.3 is 12.2 Å². The van der Waals surface area contributed by atoms with Gasteiger partial charge in [-0.15, -0.1) is 0 Å². The van der Waals surface area contributed by atoms with Crippen LogP contribution in [0.2, 0.25) is 0 Å². The summed E-state index contributed by atoms with van der Waals surface area (Å²) in [5.74, 6) is -3.13. The van der Waals surface area contributed by atoms with E-state index in [2.05, 4.69) is 20.2 Å². The van der Waals surface area contributed by atoms with Crippen molar-refractivity contribution in [2.45, 2.75) is 56.8 Å². The highest BCUT2D eigenvalue weighted by Crippen LogP contribution is 2.47. The minimum atomic E-state index is -5.11. The first kappa shape index (κ1) is 30.3. The van der Waals surface area contributed by atoms with Crippen LogP contribution in [0.25, 0.3) is 27.4 Å². The number of likely N-dealkylation sites (tertiary alicyclic amines) is 1. The molecule has 2 bridgehead atoms. The molecule has 5 fully saturated rings. The van der Waals surface area contributed by atoms with Crippen molar-refractivity contribution >= 4 is 27.5 Å². The number of piperidine rings is 2. The first-order valence-corrected chi connectivity index (χ1v) is 16.0. The molecule has 2 unspecified atom stereocenters. The van der Waals surface area contributed by atoms with Gasteiger partial charge < -0.3 is 25.0 Å². The average molecular weight is 657 g/mol. The summed E-state index contributed by atoms with van der Waals surface area (Å²) in [5, 5.41) is 13.1. The number of rotatable bonds is 7. The van der Waals surface area contributed by atoms with E-state index in [1.807, 2.05) is 4.90 Å². The van der Waals surface area contributed by atoms with Crippen molar-refractivity contribution in [3.63, 3.8) is 0 Å². The lowest BCUT2D eigenvalue weighted by atomic mass is 9.93. The van der Waals surface area contributed by atoms with Gasteiger partial charge in [-0.2, -0.15) is 23.1 Å². The van der Waals surface area contributed by atoms with Crippen molar-refractivity contribution in [3.8, 4) is 17.4 Å². The number of anilines is 1. The minimum Gasteiger partial charge on any atom is -0.508 e. The Morgan fingerprint density at radius 1 is 1.06 bits per heavy atom. The maximum absolute atomic E-state index is 15.3. The number of piperazine rings is 1. The van der Waals surface area contributed by atoms with E-state index in [1.54, 1.807) is 0 Å². The number of halogens is 5. The topological polar surface area (TPSA) is 95.8 Å². The lowest BCUT2D eigenvalue weighted by Gasteiger charge is -2.46. The third-order valence-electron chi connectivity index (χ3n) is 10.2. The Bertz CT molecular complexity index is 1950. The van der Waals surface area contributed by atoms with Crippen molar-refractivity contribution < 1.29 is 31.8 Å². The highest BCUT2D eigenvalue weighted by molar-refractivity contribution is 5.94. The molecular formula is C33H33F5N6O3. The Balaban J connectivity index is 1.32. The van der Waals surface area contributed by atoms with Crippen LogP contribution in [0.3, 0.4) is 0 Å². The van der Waals surface area contributed by atoms with Crippen molar-refractivity contribution in [2.75, 3.05) is 44.2 Å². The number of nitrogens with one attached hydrogen (secondary N) is 1. The Morgan fingerprint density at radius 3 is 2.51 bits per heavy atom. The summed E-state index contributed by atoms with van der Waals surface area (Å²) in [6.07, 6.45) is 0.801. The van der Waals surface area contributed by atoms with Gasteiger partial charge in [-0.05, 0) is 75.2 Å². The molecule has 2 atom stereocenters. The number of hydrogen-bond donors (Lipinski definition) is 2. The molecule has 4 saturated heterocycles. The molecule has 0 spiro atoms. The second kappa shape index (κ2) is 11.0. The molecule has 9 rings (SSSR count). The van der Waals surface area contributed by atoms with Crippen molar-refractivity contribution in [2.24, 2.45) is 5.41 Å². The highest BCUT2D eigenvalue weighted by Gasteiger charge is 2.46. The van der Waals surface area contributed by atoms with Crippen LogP contribution in [0.15, 0.2) is 35.1 Å². The van der Waals surface area contributed by atoms with Crippen LogP contribution >= 0.6 is 0 Å². The van der Waals surface area contributed by atoms with E-state index in [0.29, 0.717) is 19.7 Å². The smallest absolute Gasteiger partial charge is 0.431 e. The normalized spacial score (nSPS) is 22.4. The molecule has 0 amide bonds. The fourth-order valence-electron chi connectivity index (χ4n) is 7.54. The maximum Gasteiger partial charge on any atom is 0.431 e. The number of nitrogens with zero attached hydrogens (tertiary/aromatic N) is 5. The number of aromatic nitrogens is 3. The summed E-state index contributed by atoms with van der Waals surface area (Å²) in [6.45, 7) is 4.29. The number of phenolic OH excluding ortho intramolecular Hbond substituents is 1. The van der Waals surface area contributed by atoms with Crippen LogP contribution in [0.4, 0.5) is 27.8 Å². The van der Waals surface area contributed by atoms with Gasteiger partial charge in [0.1, 0.15) is 22.8 Å². The quantitative estimate of drug-likeness (QED) is 0.265. The molecule has 0 radical (unpaired) electrons. The number of pyridine rings is 1. The molecule has 47 heavy (non-hydrogen) atoms. The van der Waals surface area contributed by atoms with Gasteiger partial charge in [0.25, 0.3) is 5.56 Å². The summed E-state index contributed by atoms with van der Waals surface area (Å²) >= 11 is 0. The van der Waals surface area contributed by atoms with Crippen LogP contribution in [0.5, 0.6) is 11.8 Å². The van der Waals surface area contributed by atoms with E-state index in [1.165, 1.54) is 0 Å². The molecule has 2 N–H and O–H groups in total. The Labute approximate surface area is 266 Å². The zero-order valence-corrected chi connectivity index (χ0v) is 25.4. The number of ether oxygens (including phenoxy) is 1. The molecule has 14 heteroatoms. The molecule has 6 heterocycles. The predicted octanol–water partition coefficient (Wildman–Crippen LogP) is 5.13. The van der Waals surface area contributed by atoms with Gasteiger partial charge in [0.2, 0.25) is 0 Å². The number of fused-ring (bicyclic) bond motifs is 5. The summed E-state index contributed by atoms with van der Waals surface area (Å²) in [5.41, 5.74) is -3.77. The van der Waals surface area contributed by atoms with Gasteiger partial charge in [0.05, 0.1) is 17.7 Å². The van der Waals surface area contributed by atoms with Crippen LogP contribution in [-0.4, -0.2) is 76.0 Å². The van der Waals surface area contributed by atoms with Gasteiger partial charge in [-0.3, -0.25) is 9.36 Å². The minimum absolute atomic E-state index is 0.0697. The third kappa shape index (κ3) is 5.35. The number of aromatic hydroxyl groups is 1. The fraction of sp³-hybridized carbons (Fsp3) is 0.485. The SMILES string of the molecule is O=c1c2nc(OCC3(CN4CCCC4)CC3)nc(N3CC4CCC3CN4)c2cc(C(F)(F)F)n1-c1cc(O)cc2ccc(F)c(F)c12. The van der Waals surface area contributed by atoms with E-state index in [0.717, 1.165) is 88.5 Å².